The summed E-state index contributed by atoms with van der Waals surface area (Å²) in [6, 6.07) is 16.4. The van der Waals surface area contributed by atoms with Crippen LogP contribution in [-0.4, -0.2) is 16.1 Å². The van der Waals surface area contributed by atoms with Crippen LogP contribution in [0.3, 0.4) is 0 Å². The number of para-hydroxylation sites is 1. The molecular formula is C27H20F3NO3S2. The topological polar surface area (TPSA) is 63.3 Å². The van der Waals surface area contributed by atoms with Crippen LogP contribution in [0.4, 0.5) is 13.2 Å². The van der Waals surface area contributed by atoms with Crippen molar-refractivity contribution in [3.05, 3.63) is 82.7 Å². The molecule has 0 fully saturated rings. The highest BCUT2D eigenvalue weighted by molar-refractivity contribution is 8.00. The first-order valence-corrected chi connectivity index (χ1v) is 12.7. The maximum absolute atomic E-state index is 12.9. The van der Waals surface area contributed by atoms with Crippen molar-refractivity contribution in [2.24, 2.45) is 0 Å². The van der Waals surface area contributed by atoms with E-state index in [1.165, 1.54) is 23.5 Å². The number of hydrogen-bond acceptors (Lipinski definition) is 5. The number of thiophene rings is 1. The molecule has 0 radical (unpaired) electrons. The summed E-state index contributed by atoms with van der Waals surface area (Å²) in [6.07, 6.45) is -4.41. The number of fused-ring (bicyclic) bond motifs is 2. The van der Waals surface area contributed by atoms with Crippen molar-refractivity contribution in [1.29, 1.82) is 0 Å². The molecule has 0 bridgehead atoms. The summed E-state index contributed by atoms with van der Waals surface area (Å²) in [5.41, 5.74) is 2.68. The van der Waals surface area contributed by atoms with E-state index in [4.69, 9.17) is 9.52 Å². The molecule has 4 nitrogen and oxygen atoms in total. The molecule has 5 rings (SSSR count). The number of hydrogen-bond donors (Lipinski definition) is 1. The SMILES string of the molecule is CC(C)(Sc1ccc2c(CC(=O)O)csc2c1)c1cccc2nc(-c3ccc(C(F)(F)F)cc3)oc12. The lowest BCUT2D eigenvalue weighted by Gasteiger charge is -2.24. The quantitative estimate of drug-likeness (QED) is 0.225. The van der Waals surface area contributed by atoms with Gasteiger partial charge in [-0.25, -0.2) is 4.98 Å². The molecular weight excluding hydrogens is 507 g/mol. The number of alkyl halides is 3. The van der Waals surface area contributed by atoms with Crippen molar-refractivity contribution in [1.82, 2.24) is 4.98 Å². The first kappa shape index (κ1) is 24.4. The molecule has 2 heterocycles. The second kappa shape index (κ2) is 8.97. The molecule has 9 heteroatoms. The molecule has 2 aromatic heterocycles. The van der Waals surface area contributed by atoms with Crippen LogP contribution in [0.5, 0.6) is 0 Å². The average molecular weight is 528 g/mol. The smallest absolute Gasteiger partial charge is 0.416 e. The fourth-order valence-corrected chi connectivity index (χ4v) is 6.37. The minimum absolute atomic E-state index is 0.00720. The van der Waals surface area contributed by atoms with Crippen molar-refractivity contribution in [3.8, 4) is 11.5 Å². The summed E-state index contributed by atoms with van der Waals surface area (Å²) < 4.78 is 45.5. The number of rotatable bonds is 6. The Kier molecular flexibility index (Phi) is 6.08. The summed E-state index contributed by atoms with van der Waals surface area (Å²) in [7, 11) is 0. The van der Waals surface area contributed by atoms with E-state index in [0.717, 1.165) is 38.2 Å². The van der Waals surface area contributed by atoms with E-state index in [9.17, 15) is 18.0 Å². The zero-order valence-corrected chi connectivity index (χ0v) is 20.9. The van der Waals surface area contributed by atoms with Gasteiger partial charge in [-0.15, -0.1) is 23.1 Å². The van der Waals surface area contributed by atoms with Gasteiger partial charge in [0.05, 0.1) is 12.0 Å². The number of nitrogens with zero attached hydrogens (tertiary/aromatic N) is 1. The van der Waals surface area contributed by atoms with Crippen LogP contribution in [-0.2, 0) is 22.1 Å². The van der Waals surface area contributed by atoms with Gasteiger partial charge in [0, 0.05) is 25.5 Å². The second-order valence-corrected chi connectivity index (χ2v) is 11.5. The van der Waals surface area contributed by atoms with E-state index in [1.54, 1.807) is 11.8 Å². The molecule has 0 unspecified atom stereocenters. The van der Waals surface area contributed by atoms with Gasteiger partial charge in [-0.1, -0.05) is 18.2 Å². The first-order valence-electron chi connectivity index (χ1n) is 11.0. The van der Waals surface area contributed by atoms with Crippen LogP contribution in [0.25, 0.3) is 32.6 Å². The lowest BCUT2D eigenvalue weighted by molar-refractivity contribution is -0.138. The van der Waals surface area contributed by atoms with Crippen LogP contribution in [0.1, 0.15) is 30.5 Å². The third kappa shape index (κ3) is 4.73. The third-order valence-corrected chi connectivity index (χ3v) is 8.08. The number of thioether (sulfide) groups is 1. The number of aromatic nitrogens is 1. The lowest BCUT2D eigenvalue weighted by Crippen LogP contribution is -2.12. The summed E-state index contributed by atoms with van der Waals surface area (Å²) in [5.74, 6) is -0.594. The van der Waals surface area contributed by atoms with Gasteiger partial charge in [-0.3, -0.25) is 4.79 Å². The summed E-state index contributed by atoms with van der Waals surface area (Å²) in [4.78, 5) is 16.7. The Balaban J connectivity index is 1.46. The van der Waals surface area contributed by atoms with Crippen molar-refractivity contribution in [2.75, 3.05) is 0 Å². The van der Waals surface area contributed by atoms with E-state index in [1.807, 2.05) is 35.7 Å². The zero-order chi connectivity index (χ0) is 25.7. The van der Waals surface area contributed by atoms with Gasteiger partial charge in [0.25, 0.3) is 0 Å². The van der Waals surface area contributed by atoms with E-state index in [2.05, 4.69) is 24.9 Å². The number of carbonyl (C=O) groups is 1. The van der Waals surface area contributed by atoms with Crippen molar-refractivity contribution in [3.63, 3.8) is 0 Å². The van der Waals surface area contributed by atoms with Crippen LogP contribution < -0.4 is 0 Å². The highest BCUT2D eigenvalue weighted by Crippen LogP contribution is 2.45. The van der Waals surface area contributed by atoms with E-state index in [-0.39, 0.29) is 12.3 Å². The maximum Gasteiger partial charge on any atom is 0.416 e. The lowest BCUT2D eigenvalue weighted by atomic mass is 10.0. The van der Waals surface area contributed by atoms with Crippen molar-refractivity contribution in [2.45, 2.75) is 36.1 Å². The van der Waals surface area contributed by atoms with Gasteiger partial charge in [0.1, 0.15) is 5.52 Å². The van der Waals surface area contributed by atoms with Gasteiger partial charge in [0.2, 0.25) is 5.89 Å². The fourth-order valence-electron chi connectivity index (χ4n) is 4.12. The highest BCUT2D eigenvalue weighted by Gasteiger charge is 2.31. The molecule has 36 heavy (non-hydrogen) atoms. The zero-order valence-electron chi connectivity index (χ0n) is 19.2. The molecule has 0 saturated heterocycles. The molecule has 0 aliphatic rings. The monoisotopic (exact) mass is 527 g/mol. The van der Waals surface area contributed by atoms with Gasteiger partial charge in [-0.2, -0.15) is 13.2 Å². The minimum atomic E-state index is -4.40. The first-order chi connectivity index (χ1) is 17.0. The maximum atomic E-state index is 12.9. The molecule has 184 valence electrons. The summed E-state index contributed by atoms with van der Waals surface area (Å²) >= 11 is 3.16. The largest absolute Gasteiger partial charge is 0.481 e. The predicted molar refractivity (Wildman–Crippen MR) is 136 cm³/mol. The number of benzene rings is 3. The Bertz CT molecular complexity index is 1580. The van der Waals surface area contributed by atoms with Crippen LogP contribution in [0.15, 0.2) is 75.4 Å². The van der Waals surface area contributed by atoms with Crippen LogP contribution in [0.2, 0.25) is 0 Å². The normalized spacial score (nSPS) is 12.5. The van der Waals surface area contributed by atoms with Gasteiger partial charge >= 0.3 is 12.1 Å². The molecule has 0 aliphatic carbocycles. The Hall–Kier alpha value is -3.30. The standard InChI is InChI=1S/C27H20F3NO3S2/c1-26(2,36-18-10-11-19-16(12-23(32)33)14-35-22(19)13-18)20-4-3-5-21-24(20)34-25(31-21)15-6-8-17(9-7-15)27(28,29)30/h3-11,13-14H,12H2,1-2H3,(H,32,33). The van der Waals surface area contributed by atoms with Crippen LogP contribution in [0, 0.1) is 0 Å². The molecule has 0 spiro atoms. The molecule has 0 aliphatic heterocycles. The Labute approximate surface area is 212 Å². The number of aliphatic carboxylic acids is 1. The van der Waals surface area contributed by atoms with E-state index < -0.39 is 22.5 Å². The fraction of sp³-hybridized carbons (Fsp3) is 0.185. The Morgan fingerprint density at radius 1 is 1.08 bits per heavy atom. The van der Waals surface area contributed by atoms with Gasteiger partial charge in [0.15, 0.2) is 5.58 Å². The van der Waals surface area contributed by atoms with Crippen molar-refractivity contribution < 1.29 is 27.5 Å². The Morgan fingerprint density at radius 3 is 2.53 bits per heavy atom. The molecule has 0 saturated carbocycles. The second-order valence-electron chi connectivity index (χ2n) is 8.85. The predicted octanol–water partition coefficient (Wildman–Crippen LogP) is 8.38. The third-order valence-electron chi connectivity index (χ3n) is 5.86. The number of halogens is 3. The summed E-state index contributed by atoms with van der Waals surface area (Å²) in [5, 5.41) is 12.0. The number of carboxylic acids is 1. The van der Waals surface area contributed by atoms with Gasteiger partial charge < -0.3 is 9.52 Å². The number of carboxylic acid groups (broad SMARTS) is 1. The summed E-state index contributed by atoms with van der Waals surface area (Å²) in [6.45, 7) is 4.14. The highest BCUT2D eigenvalue weighted by atomic mass is 32.2. The minimum Gasteiger partial charge on any atom is -0.481 e. The molecule has 5 aromatic rings. The van der Waals surface area contributed by atoms with E-state index in [0.29, 0.717) is 16.7 Å². The van der Waals surface area contributed by atoms with Gasteiger partial charge in [-0.05, 0) is 72.6 Å². The molecule has 0 atom stereocenters. The van der Waals surface area contributed by atoms with E-state index >= 15 is 0 Å². The van der Waals surface area contributed by atoms with Crippen LogP contribution >= 0.6 is 23.1 Å². The molecule has 3 aromatic carbocycles. The Morgan fingerprint density at radius 2 is 1.83 bits per heavy atom. The van der Waals surface area contributed by atoms with Crippen molar-refractivity contribution >= 4 is 50.3 Å². The molecule has 0 amide bonds. The average Bonchev–Trinajstić information content (AvgIpc) is 3.42. The molecule has 1 N–H and O–H groups in total. The number of oxazole rings is 1.